The summed E-state index contributed by atoms with van der Waals surface area (Å²) in [6.45, 7) is 10.7. The minimum absolute atomic E-state index is 0.115. The molecule has 0 aliphatic heterocycles. The molecule has 0 heterocycles. The summed E-state index contributed by atoms with van der Waals surface area (Å²) in [7, 11) is 0. The summed E-state index contributed by atoms with van der Waals surface area (Å²) in [6.07, 6.45) is 6.93. The number of hydrogen-bond acceptors (Lipinski definition) is 6. The van der Waals surface area contributed by atoms with Crippen LogP contribution in [0.1, 0.15) is 79.1 Å². The number of rotatable bonds is 19. The van der Waals surface area contributed by atoms with Crippen molar-refractivity contribution in [3.63, 3.8) is 0 Å². The summed E-state index contributed by atoms with van der Waals surface area (Å²) < 4.78 is 17.2. The molecule has 0 saturated carbocycles. The molecule has 0 aromatic heterocycles. The Morgan fingerprint density at radius 1 is 0.704 bits per heavy atom. The summed E-state index contributed by atoms with van der Waals surface area (Å²) in [5.41, 5.74) is -0.249. The molecule has 0 aliphatic rings. The molecular weight excluding hydrogens is 348 g/mol. The van der Waals surface area contributed by atoms with Crippen LogP contribution in [-0.2, 0) is 14.2 Å². The number of aliphatic hydroxyl groups is 3. The average Bonchev–Trinajstić information content (AvgIpc) is 2.60. The Morgan fingerprint density at radius 3 is 1.70 bits per heavy atom. The van der Waals surface area contributed by atoms with Gasteiger partial charge in [0, 0.05) is 26.4 Å². The Morgan fingerprint density at radius 2 is 1.19 bits per heavy atom. The van der Waals surface area contributed by atoms with Crippen molar-refractivity contribution in [2.45, 2.75) is 96.4 Å². The maximum absolute atomic E-state index is 9.16. The van der Waals surface area contributed by atoms with E-state index in [2.05, 4.69) is 27.7 Å². The van der Waals surface area contributed by atoms with E-state index in [4.69, 9.17) is 29.5 Å². The van der Waals surface area contributed by atoms with Crippen molar-refractivity contribution in [1.29, 1.82) is 0 Å². The topological polar surface area (TPSA) is 88.4 Å². The molecule has 0 saturated heterocycles. The highest BCUT2D eigenvalue weighted by Gasteiger charge is 2.19. The SMILES string of the molecule is CC(C)(CCCCO)OCCCCC(C)(C)OCCCCOCC(O)CO. The van der Waals surface area contributed by atoms with Crippen molar-refractivity contribution >= 4 is 0 Å². The Kier molecular flexibility index (Phi) is 15.5. The molecule has 164 valence electrons. The Bertz CT molecular complexity index is 333. The van der Waals surface area contributed by atoms with E-state index in [-0.39, 0.29) is 31.0 Å². The van der Waals surface area contributed by atoms with Gasteiger partial charge in [-0.25, -0.2) is 0 Å². The average molecular weight is 393 g/mol. The molecule has 0 aromatic carbocycles. The van der Waals surface area contributed by atoms with Crippen molar-refractivity contribution in [3.8, 4) is 0 Å². The molecule has 0 amide bonds. The lowest BCUT2D eigenvalue weighted by atomic mass is 10.00. The molecule has 6 nitrogen and oxygen atoms in total. The fourth-order valence-electron chi connectivity index (χ4n) is 2.73. The smallest absolute Gasteiger partial charge is 0.100 e. The van der Waals surface area contributed by atoms with Crippen molar-refractivity contribution in [1.82, 2.24) is 0 Å². The summed E-state index contributed by atoms with van der Waals surface area (Å²) in [5.74, 6) is 0. The van der Waals surface area contributed by atoms with Crippen LogP contribution in [0.4, 0.5) is 0 Å². The van der Waals surface area contributed by atoms with Gasteiger partial charge in [0.2, 0.25) is 0 Å². The fourth-order valence-corrected chi connectivity index (χ4v) is 2.73. The molecule has 0 rings (SSSR count). The first-order valence-electron chi connectivity index (χ1n) is 10.5. The van der Waals surface area contributed by atoms with E-state index in [9.17, 15) is 0 Å². The highest BCUT2D eigenvalue weighted by atomic mass is 16.5. The van der Waals surface area contributed by atoms with Gasteiger partial charge in [-0.3, -0.25) is 0 Å². The maximum Gasteiger partial charge on any atom is 0.100 e. The van der Waals surface area contributed by atoms with Gasteiger partial charge in [-0.1, -0.05) is 0 Å². The Labute approximate surface area is 166 Å². The Hall–Kier alpha value is -0.240. The Balaban J connectivity index is 3.62. The fraction of sp³-hybridized carbons (Fsp3) is 1.00. The van der Waals surface area contributed by atoms with E-state index in [0.29, 0.717) is 13.2 Å². The first-order valence-corrected chi connectivity index (χ1v) is 10.5. The van der Waals surface area contributed by atoms with Gasteiger partial charge in [0.15, 0.2) is 0 Å². The maximum atomic E-state index is 9.16. The largest absolute Gasteiger partial charge is 0.396 e. The molecule has 0 radical (unpaired) electrons. The lowest BCUT2D eigenvalue weighted by Gasteiger charge is -2.27. The van der Waals surface area contributed by atoms with Crippen LogP contribution in [0.5, 0.6) is 0 Å². The molecule has 0 fully saturated rings. The van der Waals surface area contributed by atoms with Crippen LogP contribution in [0, 0.1) is 0 Å². The number of hydrogen-bond donors (Lipinski definition) is 3. The zero-order chi connectivity index (χ0) is 20.6. The van der Waals surface area contributed by atoms with Crippen LogP contribution >= 0.6 is 0 Å². The van der Waals surface area contributed by atoms with Crippen molar-refractivity contribution < 1.29 is 29.5 Å². The van der Waals surface area contributed by atoms with Crippen molar-refractivity contribution in [2.75, 3.05) is 39.6 Å². The predicted molar refractivity (Wildman–Crippen MR) is 108 cm³/mol. The van der Waals surface area contributed by atoms with Crippen LogP contribution in [0.3, 0.4) is 0 Å². The third-order valence-electron chi connectivity index (χ3n) is 4.55. The third-order valence-corrected chi connectivity index (χ3v) is 4.55. The summed E-state index contributed by atoms with van der Waals surface area (Å²) in [6, 6.07) is 0. The molecule has 0 spiro atoms. The highest BCUT2D eigenvalue weighted by Crippen LogP contribution is 2.21. The quantitative estimate of drug-likeness (QED) is 0.293. The molecule has 0 aliphatic carbocycles. The van der Waals surface area contributed by atoms with Crippen molar-refractivity contribution in [2.24, 2.45) is 0 Å². The molecule has 0 aromatic rings. The van der Waals surface area contributed by atoms with Gasteiger partial charge < -0.3 is 29.5 Å². The first-order chi connectivity index (χ1) is 12.7. The van der Waals surface area contributed by atoms with Gasteiger partial charge in [0.1, 0.15) is 6.10 Å². The van der Waals surface area contributed by atoms with Crippen LogP contribution in [0.2, 0.25) is 0 Å². The van der Waals surface area contributed by atoms with Gasteiger partial charge >= 0.3 is 0 Å². The monoisotopic (exact) mass is 392 g/mol. The zero-order valence-electron chi connectivity index (χ0n) is 18.0. The molecular formula is C21H44O6. The third kappa shape index (κ3) is 17.6. The first kappa shape index (κ1) is 26.8. The van der Waals surface area contributed by atoms with Gasteiger partial charge in [-0.05, 0) is 79.1 Å². The predicted octanol–water partition coefficient (Wildman–Crippen LogP) is 3.06. The van der Waals surface area contributed by atoms with Gasteiger partial charge in [0.05, 0.1) is 24.4 Å². The minimum atomic E-state index is -0.782. The second-order valence-electron chi connectivity index (χ2n) is 8.47. The molecule has 3 N–H and O–H groups in total. The second-order valence-corrected chi connectivity index (χ2v) is 8.47. The molecule has 0 bridgehead atoms. The molecule has 27 heavy (non-hydrogen) atoms. The van der Waals surface area contributed by atoms with Crippen LogP contribution < -0.4 is 0 Å². The molecule has 1 atom stereocenters. The number of aliphatic hydroxyl groups excluding tert-OH is 3. The highest BCUT2D eigenvalue weighted by molar-refractivity contribution is 4.70. The van der Waals surface area contributed by atoms with Crippen LogP contribution in [-0.4, -0.2) is 72.3 Å². The number of unbranched alkanes of at least 4 members (excludes halogenated alkanes) is 3. The van der Waals surface area contributed by atoms with Crippen LogP contribution in [0.25, 0.3) is 0 Å². The van der Waals surface area contributed by atoms with Gasteiger partial charge in [-0.15, -0.1) is 0 Å². The van der Waals surface area contributed by atoms with E-state index in [1.165, 1.54) is 0 Å². The van der Waals surface area contributed by atoms with E-state index in [1.807, 2.05) is 0 Å². The summed E-state index contributed by atoms with van der Waals surface area (Å²) >= 11 is 0. The van der Waals surface area contributed by atoms with E-state index in [0.717, 1.165) is 58.0 Å². The minimum Gasteiger partial charge on any atom is -0.396 e. The van der Waals surface area contributed by atoms with Gasteiger partial charge in [-0.2, -0.15) is 0 Å². The van der Waals surface area contributed by atoms with Gasteiger partial charge in [0.25, 0.3) is 0 Å². The lowest BCUT2D eigenvalue weighted by molar-refractivity contribution is -0.0409. The van der Waals surface area contributed by atoms with E-state index in [1.54, 1.807) is 0 Å². The summed E-state index contributed by atoms with van der Waals surface area (Å²) in [4.78, 5) is 0. The van der Waals surface area contributed by atoms with Crippen molar-refractivity contribution in [3.05, 3.63) is 0 Å². The zero-order valence-corrected chi connectivity index (χ0v) is 18.0. The normalized spacial score (nSPS) is 13.9. The van der Waals surface area contributed by atoms with Crippen LogP contribution in [0.15, 0.2) is 0 Å². The standard InChI is InChI=1S/C21H44O6/c1-20(2,11-5-7-13-22)26-15-8-6-12-21(3,4)27-16-10-9-14-25-18-19(24)17-23/h19,22-24H,5-18H2,1-4H3. The summed E-state index contributed by atoms with van der Waals surface area (Å²) in [5, 5.41) is 26.7. The number of ether oxygens (including phenoxy) is 3. The second kappa shape index (κ2) is 15.7. The van der Waals surface area contributed by atoms with E-state index >= 15 is 0 Å². The lowest BCUT2D eigenvalue weighted by Crippen LogP contribution is -2.26. The van der Waals surface area contributed by atoms with E-state index < -0.39 is 6.10 Å². The molecule has 1 unspecified atom stereocenters. The molecule has 6 heteroatoms.